The molecule has 0 fully saturated rings. The molecule has 0 saturated carbocycles. The molecule has 0 aliphatic rings. The second-order valence-corrected chi connectivity index (χ2v) is 7.35. The zero-order chi connectivity index (χ0) is 20.4. The number of phenolic OH excluding ortho intramolecular Hbond substituents is 1. The standard InChI is InChI=1S/C21H17BrF2N2O2/c1-11-3-4-13(8-17(11)24)20(16-10-15(23)5-6-19(16)27)26-21(28)18-9-14(22)7-12(2)25-18/h3-10,20,27H,1-2H3,(H,26,28)/t20-/m1/s1. The molecule has 0 saturated heterocycles. The Morgan fingerprint density at radius 3 is 2.54 bits per heavy atom. The summed E-state index contributed by atoms with van der Waals surface area (Å²) in [6.07, 6.45) is 0. The average Bonchev–Trinajstić information content (AvgIpc) is 2.63. The third-order valence-corrected chi connectivity index (χ3v) is 4.71. The highest BCUT2D eigenvalue weighted by atomic mass is 79.9. The van der Waals surface area contributed by atoms with E-state index in [1.807, 2.05) is 0 Å². The van der Waals surface area contributed by atoms with Gasteiger partial charge in [-0.3, -0.25) is 4.79 Å². The summed E-state index contributed by atoms with van der Waals surface area (Å²) in [5, 5.41) is 12.9. The van der Waals surface area contributed by atoms with Crippen LogP contribution in [0.4, 0.5) is 8.78 Å². The number of benzene rings is 2. The highest BCUT2D eigenvalue weighted by Gasteiger charge is 2.23. The molecule has 3 rings (SSSR count). The van der Waals surface area contributed by atoms with E-state index in [9.17, 15) is 18.7 Å². The van der Waals surface area contributed by atoms with E-state index >= 15 is 0 Å². The molecule has 0 aliphatic heterocycles. The Bertz CT molecular complexity index is 1040. The number of amides is 1. The lowest BCUT2D eigenvalue weighted by Crippen LogP contribution is -2.30. The van der Waals surface area contributed by atoms with Gasteiger partial charge in [0.05, 0.1) is 6.04 Å². The third kappa shape index (κ3) is 4.36. The van der Waals surface area contributed by atoms with Gasteiger partial charge < -0.3 is 10.4 Å². The summed E-state index contributed by atoms with van der Waals surface area (Å²) in [5.41, 5.74) is 1.68. The summed E-state index contributed by atoms with van der Waals surface area (Å²) >= 11 is 3.32. The quantitative estimate of drug-likeness (QED) is 0.594. The second-order valence-electron chi connectivity index (χ2n) is 6.43. The number of aromatic hydroxyl groups is 1. The smallest absolute Gasteiger partial charge is 0.270 e. The summed E-state index contributed by atoms with van der Waals surface area (Å²) in [7, 11) is 0. The molecule has 0 unspecified atom stereocenters. The number of pyridine rings is 1. The number of phenols is 1. The van der Waals surface area contributed by atoms with Crippen LogP contribution in [0.25, 0.3) is 0 Å². The molecule has 2 N–H and O–H groups in total. The Hall–Kier alpha value is -2.80. The van der Waals surface area contributed by atoms with Crippen LogP contribution in [0.1, 0.15) is 38.9 Å². The zero-order valence-electron chi connectivity index (χ0n) is 15.1. The fraction of sp³-hybridized carbons (Fsp3) is 0.143. The van der Waals surface area contributed by atoms with Crippen molar-refractivity contribution in [2.45, 2.75) is 19.9 Å². The Kier molecular flexibility index (Phi) is 5.74. The summed E-state index contributed by atoms with van der Waals surface area (Å²) in [5.74, 6) is -1.81. The molecule has 7 heteroatoms. The Balaban J connectivity index is 2.06. The van der Waals surface area contributed by atoms with Gasteiger partial charge in [-0.25, -0.2) is 13.8 Å². The molecule has 1 aromatic heterocycles. The van der Waals surface area contributed by atoms with Gasteiger partial charge in [0.25, 0.3) is 5.91 Å². The zero-order valence-corrected chi connectivity index (χ0v) is 16.7. The average molecular weight is 447 g/mol. The van der Waals surface area contributed by atoms with Crippen molar-refractivity contribution < 1.29 is 18.7 Å². The number of aromatic nitrogens is 1. The van der Waals surface area contributed by atoms with Crippen LogP contribution in [-0.4, -0.2) is 16.0 Å². The fourth-order valence-corrected chi connectivity index (χ4v) is 3.38. The number of nitrogens with one attached hydrogen (secondary N) is 1. The van der Waals surface area contributed by atoms with Gasteiger partial charge in [0.1, 0.15) is 23.1 Å². The van der Waals surface area contributed by atoms with Crippen molar-refractivity contribution in [2.24, 2.45) is 0 Å². The maximum atomic E-state index is 14.1. The van der Waals surface area contributed by atoms with Crippen molar-refractivity contribution in [1.82, 2.24) is 10.3 Å². The highest BCUT2D eigenvalue weighted by molar-refractivity contribution is 9.10. The third-order valence-electron chi connectivity index (χ3n) is 4.26. The van der Waals surface area contributed by atoms with Gasteiger partial charge in [-0.05, 0) is 61.4 Å². The van der Waals surface area contributed by atoms with E-state index < -0.39 is 23.6 Å². The maximum absolute atomic E-state index is 14.1. The minimum atomic E-state index is -0.973. The van der Waals surface area contributed by atoms with Crippen molar-refractivity contribution in [3.63, 3.8) is 0 Å². The molecule has 1 amide bonds. The second kappa shape index (κ2) is 8.06. The number of aryl methyl sites for hydroxylation is 2. The van der Waals surface area contributed by atoms with E-state index in [1.54, 1.807) is 38.1 Å². The van der Waals surface area contributed by atoms with Crippen molar-refractivity contribution in [3.8, 4) is 5.75 Å². The van der Waals surface area contributed by atoms with Crippen LogP contribution in [0.15, 0.2) is 53.0 Å². The summed E-state index contributed by atoms with van der Waals surface area (Å²) in [6, 6.07) is 10.2. The molecule has 0 aliphatic carbocycles. The molecule has 2 aromatic carbocycles. The lowest BCUT2D eigenvalue weighted by Gasteiger charge is -2.21. The van der Waals surface area contributed by atoms with Crippen molar-refractivity contribution in [2.75, 3.05) is 0 Å². The van der Waals surface area contributed by atoms with Gasteiger partial charge in [0, 0.05) is 15.7 Å². The Morgan fingerprint density at radius 2 is 1.86 bits per heavy atom. The molecular weight excluding hydrogens is 430 g/mol. The highest BCUT2D eigenvalue weighted by Crippen LogP contribution is 2.31. The van der Waals surface area contributed by atoms with E-state index in [4.69, 9.17) is 0 Å². The Morgan fingerprint density at radius 1 is 1.11 bits per heavy atom. The molecule has 4 nitrogen and oxygen atoms in total. The van der Waals surface area contributed by atoms with Gasteiger partial charge in [-0.2, -0.15) is 0 Å². The van der Waals surface area contributed by atoms with E-state index in [-0.39, 0.29) is 17.0 Å². The number of halogens is 3. The normalized spacial score (nSPS) is 11.9. The number of hydrogen-bond donors (Lipinski definition) is 2. The minimum Gasteiger partial charge on any atom is -0.508 e. The number of hydrogen-bond acceptors (Lipinski definition) is 3. The lowest BCUT2D eigenvalue weighted by atomic mass is 9.96. The SMILES string of the molecule is Cc1cc(Br)cc(C(=O)N[C@H](c2ccc(C)c(F)c2)c2cc(F)ccc2O)n1. The Labute approximate surface area is 169 Å². The summed E-state index contributed by atoms with van der Waals surface area (Å²) in [6.45, 7) is 3.35. The number of nitrogens with zero attached hydrogens (tertiary/aromatic N) is 1. The van der Waals surface area contributed by atoms with Crippen LogP contribution < -0.4 is 5.32 Å². The van der Waals surface area contributed by atoms with Crippen LogP contribution in [0.3, 0.4) is 0 Å². The summed E-state index contributed by atoms with van der Waals surface area (Å²) in [4.78, 5) is 17.0. The topological polar surface area (TPSA) is 62.2 Å². The molecule has 144 valence electrons. The fourth-order valence-electron chi connectivity index (χ4n) is 2.83. The van der Waals surface area contributed by atoms with E-state index in [1.165, 1.54) is 12.1 Å². The first kappa shape index (κ1) is 19.9. The van der Waals surface area contributed by atoms with Gasteiger partial charge >= 0.3 is 0 Å². The molecule has 0 bridgehead atoms. The van der Waals surface area contributed by atoms with E-state index in [0.29, 0.717) is 21.3 Å². The summed E-state index contributed by atoms with van der Waals surface area (Å²) < 4.78 is 28.6. The first-order valence-electron chi connectivity index (χ1n) is 8.44. The molecular formula is C21H17BrF2N2O2. The molecule has 28 heavy (non-hydrogen) atoms. The van der Waals surface area contributed by atoms with Crippen LogP contribution in [0.2, 0.25) is 0 Å². The molecule has 0 spiro atoms. The van der Waals surface area contributed by atoms with Crippen LogP contribution in [0.5, 0.6) is 5.75 Å². The van der Waals surface area contributed by atoms with Crippen molar-refractivity contribution in [1.29, 1.82) is 0 Å². The molecule has 1 heterocycles. The predicted octanol–water partition coefficient (Wildman–Crippen LogP) is 4.96. The molecule has 0 radical (unpaired) electrons. The molecule has 1 atom stereocenters. The minimum absolute atomic E-state index is 0.114. The number of rotatable bonds is 4. The monoisotopic (exact) mass is 446 g/mol. The maximum Gasteiger partial charge on any atom is 0.270 e. The van der Waals surface area contributed by atoms with E-state index in [0.717, 1.165) is 12.1 Å². The molecule has 3 aromatic rings. The lowest BCUT2D eigenvalue weighted by molar-refractivity contribution is 0.0937. The first-order chi connectivity index (χ1) is 13.2. The van der Waals surface area contributed by atoms with Crippen LogP contribution in [-0.2, 0) is 0 Å². The van der Waals surface area contributed by atoms with Crippen LogP contribution >= 0.6 is 15.9 Å². The first-order valence-corrected chi connectivity index (χ1v) is 9.23. The van der Waals surface area contributed by atoms with Gasteiger partial charge in [0.15, 0.2) is 0 Å². The number of carbonyl (C=O) groups is 1. The van der Waals surface area contributed by atoms with Crippen LogP contribution in [0, 0.1) is 25.5 Å². The van der Waals surface area contributed by atoms with Gasteiger partial charge in [0.2, 0.25) is 0 Å². The number of carbonyl (C=O) groups excluding carboxylic acids is 1. The largest absolute Gasteiger partial charge is 0.508 e. The van der Waals surface area contributed by atoms with Gasteiger partial charge in [-0.15, -0.1) is 0 Å². The van der Waals surface area contributed by atoms with Gasteiger partial charge in [-0.1, -0.05) is 28.1 Å². The predicted molar refractivity (Wildman–Crippen MR) is 105 cm³/mol. The van der Waals surface area contributed by atoms with E-state index in [2.05, 4.69) is 26.2 Å². The van der Waals surface area contributed by atoms with Crippen molar-refractivity contribution in [3.05, 3.63) is 92.7 Å². The van der Waals surface area contributed by atoms with Crippen molar-refractivity contribution >= 4 is 21.8 Å².